The van der Waals surface area contributed by atoms with Crippen LogP contribution in [0.4, 0.5) is 11.4 Å². The lowest BCUT2D eigenvalue weighted by Gasteiger charge is -2.21. The Morgan fingerprint density at radius 2 is 1.82 bits per heavy atom. The summed E-state index contributed by atoms with van der Waals surface area (Å²) in [5, 5.41) is 0. The number of fused-ring (bicyclic) bond motifs is 1. The van der Waals surface area contributed by atoms with Crippen LogP contribution in [-0.2, 0) is 21.2 Å². The SMILES string of the molecule is COc1ccc(S(=O)(=O)Nc2ccc3c(c2)CCN3C(=O)C2CCCC2)cc1. The number of anilines is 2. The van der Waals surface area contributed by atoms with E-state index in [2.05, 4.69) is 4.72 Å². The van der Waals surface area contributed by atoms with Crippen LogP contribution in [0, 0.1) is 5.92 Å². The van der Waals surface area contributed by atoms with Crippen molar-refractivity contribution in [2.45, 2.75) is 37.0 Å². The van der Waals surface area contributed by atoms with E-state index < -0.39 is 10.0 Å². The summed E-state index contributed by atoms with van der Waals surface area (Å²) in [5.74, 6) is 0.950. The van der Waals surface area contributed by atoms with Crippen molar-refractivity contribution in [2.75, 3.05) is 23.3 Å². The van der Waals surface area contributed by atoms with Crippen LogP contribution < -0.4 is 14.4 Å². The van der Waals surface area contributed by atoms with E-state index in [1.54, 1.807) is 18.2 Å². The molecule has 148 valence electrons. The van der Waals surface area contributed by atoms with Crippen LogP contribution in [0.2, 0.25) is 0 Å². The Labute approximate surface area is 165 Å². The molecule has 1 N–H and O–H groups in total. The average molecular weight is 401 g/mol. The van der Waals surface area contributed by atoms with E-state index >= 15 is 0 Å². The van der Waals surface area contributed by atoms with E-state index in [-0.39, 0.29) is 16.7 Å². The summed E-state index contributed by atoms with van der Waals surface area (Å²) in [6.45, 7) is 0.666. The molecule has 0 saturated heterocycles. The monoisotopic (exact) mass is 400 g/mol. The van der Waals surface area contributed by atoms with Gasteiger partial charge in [0.05, 0.1) is 12.0 Å². The minimum Gasteiger partial charge on any atom is -0.497 e. The number of ether oxygens (including phenoxy) is 1. The van der Waals surface area contributed by atoms with Crippen molar-refractivity contribution < 1.29 is 17.9 Å². The third-order valence-electron chi connectivity index (χ3n) is 5.57. The molecule has 0 spiro atoms. The maximum absolute atomic E-state index is 12.8. The normalized spacial score (nSPS) is 16.8. The largest absolute Gasteiger partial charge is 0.497 e. The van der Waals surface area contributed by atoms with Gasteiger partial charge in [-0.25, -0.2) is 8.42 Å². The van der Waals surface area contributed by atoms with Gasteiger partial charge in [-0.05, 0) is 67.3 Å². The zero-order valence-corrected chi connectivity index (χ0v) is 16.7. The molecule has 6 nitrogen and oxygen atoms in total. The molecule has 1 heterocycles. The Bertz CT molecular complexity index is 980. The van der Waals surface area contributed by atoms with Gasteiger partial charge in [0, 0.05) is 23.8 Å². The van der Waals surface area contributed by atoms with Crippen LogP contribution in [0.3, 0.4) is 0 Å². The number of benzene rings is 2. The van der Waals surface area contributed by atoms with Crippen molar-refractivity contribution in [1.82, 2.24) is 0 Å². The molecule has 1 amide bonds. The maximum atomic E-state index is 12.8. The summed E-state index contributed by atoms with van der Waals surface area (Å²) < 4.78 is 33.0. The molecule has 2 aromatic rings. The average Bonchev–Trinajstić information content (AvgIpc) is 3.37. The van der Waals surface area contributed by atoms with Crippen molar-refractivity contribution in [3.05, 3.63) is 48.0 Å². The topological polar surface area (TPSA) is 75.7 Å². The Morgan fingerprint density at radius 1 is 1.11 bits per heavy atom. The van der Waals surface area contributed by atoms with Gasteiger partial charge in [0.15, 0.2) is 0 Å². The third kappa shape index (κ3) is 3.58. The number of hydrogen-bond acceptors (Lipinski definition) is 4. The first kappa shape index (κ1) is 18.8. The lowest BCUT2D eigenvalue weighted by Crippen LogP contribution is -2.33. The molecule has 1 saturated carbocycles. The summed E-state index contributed by atoms with van der Waals surface area (Å²) in [6, 6.07) is 11.7. The van der Waals surface area contributed by atoms with Gasteiger partial charge < -0.3 is 9.64 Å². The molecule has 1 aliphatic carbocycles. The number of rotatable bonds is 5. The fourth-order valence-corrected chi connectivity index (χ4v) is 5.11. The maximum Gasteiger partial charge on any atom is 0.261 e. The second kappa shape index (κ2) is 7.47. The fourth-order valence-electron chi connectivity index (χ4n) is 4.06. The van der Waals surface area contributed by atoms with Gasteiger partial charge in [0.2, 0.25) is 5.91 Å². The van der Waals surface area contributed by atoms with Gasteiger partial charge in [-0.15, -0.1) is 0 Å². The van der Waals surface area contributed by atoms with E-state index in [1.165, 1.54) is 19.2 Å². The minimum absolute atomic E-state index is 0.138. The molecular formula is C21H24N2O4S. The number of carbonyl (C=O) groups is 1. The highest BCUT2D eigenvalue weighted by atomic mass is 32.2. The number of amides is 1. The molecule has 2 aromatic carbocycles. The highest BCUT2D eigenvalue weighted by molar-refractivity contribution is 7.92. The Hall–Kier alpha value is -2.54. The number of nitrogens with zero attached hydrogens (tertiary/aromatic N) is 1. The molecule has 2 aliphatic rings. The number of hydrogen-bond donors (Lipinski definition) is 1. The summed E-state index contributed by atoms with van der Waals surface area (Å²) in [6.07, 6.45) is 4.95. The molecule has 0 radical (unpaired) electrons. The van der Waals surface area contributed by atoms with Crippen LogP contribution >= 0.6 is 0 Å². The highest BCUT2D eigenvalue weighted by Gasteiger charge is 2.32. The second-order valence-electron chi connectivity index (χ2n) is 7.35. The van der Waals surface area contributed by atoms with Crippen molar-refractivity contribution in [1.29, 1.82) is 0 Å². The van der Waals surface area contributed by atoms with Gasteiger partial charge >= 0.3 is 0 Å². The van der Waals surface area contributed by atoms with Crippen molar-refractivity contribution in [2.24, 2.45) is 5.92 Å². The Balaban J connectivity index is 1.52. The first-order valence-electron chi connectivity index (χ1n) is 9.59. The molecule has 0 atom stereocenters. The Morgan fingerprint density at radius 3 is 2.50 bits per heavy atom. The predicted octanol–water partition coefficient (Wildman–Crippen LogP) is 3.58. The Kier molecular flexibility index (Phi) is 5.02. The molecular weight excluding hydrogens is 376 g/mol. The first-order valence-corrected chi connectivity index (χ1v) is 11.1. The number of methoxy groups -OCH3 is 1. The van der Waals surface area contributed by atoms with Crippen LogP contribution in [0.15, 0.2) is 47.4 Å². The van der Waals surface area contributed by atoms with E-state index in [9.17, 15) is 13.2 Å². The lowest BCUT2D eigenvalue weighted by atomic mass is 10.1. The van der Waals surface area contributed by atoms with Gasteiger partial charge in [-0.2, -0.15) is 0 Å². The van der Waals surface area contributed by atoms with Crippen LogP contribution in [0.25, 0.3) is 0 Å². The zero-order valence-electron chi connectivity index (χ0n) is 15.8. The fraction of sp³-hybridized carbons (Fsp3) is 0.381. The molecule has 1 aliphatic heterocycles. The van der Waals surface area contributed by atoms with E-state index in [0.29, 0.717) is 18.0 Å². The van der Waals surface area contributed by atoms with Crippen LogP contribution in [-0.4, -0.2) is 28.0 Å². The van der Waals surface area contributed by atoms with Gasteiger partial charge in [-0.1, -0.05) is 12.8 Å². The summed E-state index contributed by atoms with van der Waals surface area (Å²) >= 11 is 0. The highest BCUT2D eigenvalue weighted by Crippen LogP contribution is 2.35. The van der Waals surface area contributed by atoms with E-state index in [0.717, 1.165) is 43.4 Å². The number of nitrogens with one attached hydrogen (secondary N) is 1. The third-order valence-corrected chi connectivity index (χ3v) is 6.96. The first-order chi connectivity index (χ1) is 13.5. The summed E-state index contributed by atoms with van der Waals surface area (Å²) in [4.78, 5) is 14.8. The van der Waals surface area contributed by atoms with Gasteiger partial charge in [0.25, 0.3) is 10.0 Å². The smallest absolute Gasteiger partial charge is 0.261 e. The molecule has 1 fully saturated rings. The van der Waals surface area contributed by atoms with Crippen molar-refractivity contribution in [3.8, 4) is 5.75 Å². The molecule has 0 aromatic heterocycles. The summed E-state index contributed by atoms with van der Waals surface area (Å²) in [7, 11) is -2.15. The molecule has 4 rings (SSSR count). The van der Waals surface area contributed by atoms with Crippen LogP contribution in [0.5, 0.6) is 5.75 Å². The van der Waals surface area contributed by atoms with Crippen LogP contribution in [0.1, 0.15) is 31.2 Å². The molecule has 28 heavy (non-hydrogen) atoms. The second-order valence-corrected chi connectivity index (χ2v) is 9.03. The molecule has 0 bridgehead atoms. The molecule has 7 heteroatoms. The molecule has 0 unspecified atom stereocenters. The quantitative estimate of drug-likeness (QED) is 0.832. The predicted molar refractivity (Wildman–Crippen MR) is 108 cm³/mol. The van der Waals surface area contributed by atoms with E-state index in [4.69, 9.17) is 4.74 Å². The standard InChI is InChI=1S/C21H24N2O4S/c1-27-18-7-9-19(10-8-18)28(25,26)22-17-6-11-20-16(14-17)12-13-23(20)21(24)15-4-2-3-5-15/h6-11,14-15,22H,2-5,12-13H2,1H3. The van der Waals surface area contributed by atoms with Crippen molar-refractivity contribution >= 4 is 27.3 Å². The van der Waals surface area contributed by atoms with E-state index in [1.807, 2.05) is 17.0 Å². The summed E-state index contributed by atoms with van der Waals surface area (Å²) in [5.41, 5.74) is 2.41. The van der Waals surface area contributed by atoms with Gasteiger partial charge in [-0.3, -0.25) is 9.52 Å². The number of carbonyl (C=O) groups excluding carboxylic acids is 1. The number of sulfonamides is 1. The van der Waals surface area contributed by atoms with Crippen molar-refractivity contribution in [3.63, 3.8) is 0 Å². The zero-order chi connectivity index (χ0) is 19.7. The minimum atomic E-state index is -3.68. The lowest BCUT2D eigenvalue weighted by molar-refractivity contribution is -0.122. The van der Waals surface area contributed by atoms with Gasteiger partial charge in [0.1, 0.15) is 5.75 Å².